The van der Waals surface area contributed by atoms with Crippen LogP contribution in [0.4, 0.5) is 13.2 Å². The molecule has 94 valence electrons. The molecule has 0 heterocycles. The molecular weight excluding hydrogens is 229 g/mol. The Morgan fingerprint density at radius 1 is 1.31 bits per heavy atom. The predicted octanol–water partition coefficient (Wildman–Crippen LogP) is -0.494. The maximum absolute atomic E-state index is 11.7. The van der Waals surface area contributed by atoms with Gasteiger partial charge in [-0.2, -0.15) is 13.2 Å². The molecule has 2 amide bonds. The van der Waals surface area contributed by atoms with Crippen LogP contribution in [0.2, 0.25) is 0 Å². The van der Waals surface area contributed by atoms with Crippen LogP contribution >= 0.6 is 0 Å². The summed E-state index contributed by atoms with van der Waals surface area (Å²) in [5.74, 6) is -2.42. The van der Waals surface area contributed by atoms with E-state index in [2.05, 4.69) is 0 Å². The number of carbonyl (C=O) groups excluding carboxylic acids is 2. The molecule has 0 aliphatic carbocycles. The zero-order valence-electron chi connectivity index (χ0n) is 8.67. The number of alkyl halides is 3. The van der Waals surface area contributed by atoms with Crippen LogP contribution in [0.1, 0.15) is 6.92 Å². The average Bonchev–Trinajstić information content (AvgIpc) is 2.14. The van der Waals surface area contributed by atoms with E-state index in [1.54, 1.807) is 5.32 Å². The highest BCUT2D eigenvalue weighted by Crippen LogP contribution is 2.13. The van der Waals surface area contributed by atoms with Gasteiger partial charge in [-0.3, -0.25) is 9.59 Å². The number of hydrogen-bond acceptors (Lipinski definition) is 3. The lowest BCUT2D eigenvalue weighted by Gasteiger charge is -2.20. The second-order valence-electron chi connectivity index (χ2n) is 2.98. The number of halogens is 3. The molecule has 0 aliphatic rings. The third-order valence-corrected chi connectivity index (χ3v) is 1.74. The first-order valence-electron chi connectivity index (χ1n) is 4.50. The van der Waals surface area contributed by atoms with Gasteiger partial charge in [0.15, 0.2) is 0 Å². The molecule has 0 bridgehead atoms. The summed E-state index contributed by atoms with van der Waals surface area (Å²) in [7, 11) is 0. The second-order valence-corrected chi connectivity index (χ2v) is 2.98. The van der Waals surface area contributed by atoms with Crippen LogP contribution in [-0.2, 0) is 9.59 Å². The van der Waals surface area contributed by atoms with Crippen LogP contribution in [0.25, 0.3) is 0 Å². The van der Waals surface area contributed by atoms with E-state index in [0.717, 1.165) is 4.90 Å². The molecule has 0 rings (SSSR count). The number of amides is 2. The summed E-state index contributed by atoms with van der Waals surface area (Å²) < 4.78 is 35.2. The van der Waals surface area contributed by atoms with Gasteiger partial charge >= 0.3 is 12.1 Å². The lowest BCUT2D eigenvalue weighted by atomic mass is 10.4. The van der Waals surface area contributed by atoms with E-state index in [1.807, 2.05) is 0 Å². The van der Waals surface area contributed by atoms with Crippen molar-refractivity contribution in [2.45, 2.75) is 13.1 Å². The minimum atomic E-state index is -4.92. The van der Waals surface area contributed by atoms with Crippen LogP contribution in [-0.4, -0.2) is 54.2 Å². The predicted molar refractivity (Wildman–Crippen MR) is 48.4 cm³/mol. The number of nitrogens with one attached hydrogen (secondary N) is 1. The van der Waals surface area contributed by atoms with E-state index in [9.17, 15) is 22.8 Å². The summed E-state index contributed by atoms with van der Waals surface area (Å²) in [6, 6.07) is 0. The normalized spacial score (nSPS) is 11.1. The van der Waals surface area contributed by atoms with Gasteiger partial charge in [-0.25, -0.2) is 0 Å². The first-order valence-corrected chi connectivity index (χ1v) is 4.50. The van der Waals surface area contributed by atoms with Gasteiger partial charge in [0, 0.05) is 26.6 Å². The lowest BCUT2D eigenvalue weighted by molar-refractivity contribution is -0.173. The SMILES string of the molecule is CC(=O)N(CCO)CCNC(=O)C(F)(F)F. The van der Waals surface area contributed by atoms with Gasteiger partial charge in [0.05, 0.1) is 6.61 Å². The van der Waals surface area contributed by atoms with Crippen molar-refractivity contribution in [3.63, 3.8) is 0 Å². The van der Waals surface area contributed by atoms with Crippen molar-refractivity contribution in [3.05, 3.63) is 0 Å². The fraction of sp³-hybridized carbons (Fsp3) is 0.750. The fourth-order valence-electron chi connectivity index (χ4n) is 0.952. The van der Waals surface area contributed by atoms with Gasteiger partial charge in [-0.1, -0.05) is 0 Å². The van der Waals surface area contributed by atoms with Gasteiger partial charge < -0.3 is 15.3 Å². The van der Waals surface area contributed by atoms with Gasteiger partial charge in [0.2, 0.25) is 5.91 Å². The Labute approximate surface area is 90.2 Å². The Kier molecular flexibility index (Phi) is 5.79. The van der Waals surface area contributed by atoms with Crippen LogP contribution in [0.3, 0.4) is 0 Å². The van der Waals surface area contributed by atoms with Crippen molar-refractivity contribution in [2.24, 2.45) is 0 Å². The summed E-state index contributed by atoms with van der Waals surface area (Å²) >= 11 is 0. The quantitative estimate of drug-likeness (QED) is 0.683. The van der Waals surface area contributed by atoms with Gasteiger partial charge in [0.25, 0.3) is 0 Å². The van der Waals surface area contributed by atoms with Crippen molar-refractivity contribution < 1.29 is 27.9 Å². The van der Waals surface area contributed by atoms with Crippen LogP contribution in [0.15, 0.2) is 0 Å². The van der Waals surface area contributed by atoms with E-state index in [4.69, 9.17) is 5.11 Å². The Morgan fingerprint density at radius 3 is 2.25 bits per heavy atom. The first-order chi connectivity index (χ1) is 7.29. The smallest absolute Gasteiger partial charge is 0.395 e. The summed E-state index contributed by atoms with van der Waals surface area (Å²) in [6.45, 7) is 0.584. The van der Waals surface area contributed by atoms with Crippen molar-refractivity contribution in [1.29, 1.82) is 0 Å². The number of rotatable bonds is 5. The average molecular weight is 242 g/mol. The van der Waals surface area contributed by atoms with Crippen molar-refractivity contribution in [1.82, 2.24) is 10.2 Å². The number of carbonyl (C=O) groups is 2. The molecule has 0 spiro atoms. The van der Waals surface area contributed by atoms with E-state index < -0.39 is 12.1 Å². The molecule has 0 radical (unpaired) electrons. The Morgan fingerprint density at radius 2 is 1.88 bits per heavy atom. The van der Waals surface area contributed by atoms with E-state index in [-0.39, 0.29) is 32.1 Å². The molecule has 8 heteroatoms. The Balaban J connectivity index is 3.96. The number of aliphatic hydroxyl groups excluding tert-OH is 1. The molecule has 0 aromatic rings. The molecule has 0 aliphatic heterocycles. The van der Waals surface area contributed by atoms with Gasteiger partial charge in [0.1, 0.15) is 0 Å². The molecule has 0 atom stereocenters. The Hall–Kier alpha value is -1.31. The molecule has 2 N–H and O–H groups in total. The zero-order valence-corrected chi connectivity index (χ0v) is 8.67. The molecule has 0 aromatic heterocycles. The highest BCUT2D eigenvalue weighted by Gasteiger charge is 2.38. The topological polar surface area (TPSA) is 69.6 Å². The highest BCUT2D eigenvalue weighted by molar-refractivity contribution is 5.81. The molecule has 0 unspecified atom stereocenters. The number of hydrogen-bond donors (Lipinski definition) is 2. The number of aliphatic hydroxyl groups is 1. The van der Waals surface area contributed by atoms with E-state index in [0.29, 0.717) is 0 Å². The van der Waals surface area contributed by atoms with Crippen molar-refractivity contribution in [3.8, 4) is 0 Å². The monoisotopic (exact) mass is 242 g/mol. The maximum Gasteiger partial charge on any atom is 0.471 e. The molecule has 0 aromatic carbocycles. The third-order valence-electron chi connectivity index (χ3n) is 1.74. The zero-order chi connectivity index (χ0) is 12.8. The molecule has 5 nitrogen and oxygen atoms in total. The largest absolute Gasteiger partial charge is 0.471 e. The molecule has 0 fully saturated rings. The van der Waals surface area contributed by atoms with E-state index in [1.165, 1.54) is 6.92 Å². The summed E-state index contributed by atoms with van der Waals surface area (Å²) in [5.41, 5.74) is 0. The standard InChI is InChI=1S/C8H13F3N2O3/c1-6(15)13(4-5-14)3-2-12-7(16)8(9,10)11/h14H,2-5H2,1H3,(H,12,16). The lowest BCUT2D eigenvalue weighted by Crippen LogP contribution is -2.43. The van der Waals surface area contributed by atoms with Crippen LogP contribution in [0.5, 0.6) is 0 Å². The van der Waals surface area contributed by atoms with Crippen LogP contribution < -0.4 is 5.32 Å². The summed E-state index contributed by atoms with van der Waals surface area (Å²) in [5, 5.41) is 10.2. The molecule has 0 saturated heterocycles. The van der Waals surface area contributed by atoms with Crippen LogP contribution in [0, 0.1) is 0 Å². The van der Waals surface area contributed by atoms with Gasteiger partial charge in [-0.05, 0) is 0 Å². The Bertz CT molecular complexity index is 255. The number of nitrogens with zero attached hydrogens (tertiary/aromatic N) is 1. The molecule has 0 saturated carbocycles. The maximum atomic E-state index is 11.7. The summed E-state index contributed by atoms with van der Waals surface area (Å²) in [6.07, 6.45) is -4.92. The first kappa shape index (κ1) is 14.7. The molecule has 16 heavy (non-hydrogen) atoms. The van der Waals surface area contributed by atoms with Gasteiger partial charge in [-0.15, -0.1) is 0 Å². The minimum Gasteiger partial charge on any atom is -0.395 e. The fourth-order valence-corrected chi connectivity index (χ4v) is 0.952. The van der Waals surface area contributed by atoms with E-state index >= 15 is 0 Å². The van der Waals surface area contributed by atoms with Crippen molar-refractivity contribution >= 4 is 11.8 Å². The summed E-state index contributed by atoms with van der Waals surface area (Å²) in [4.78, 5) is 22.4. The highest BCUT2D eigenvalue weighted by atomic mass is 19.4. The molecular formula is C8H13F3N2O3. The third kappa shape index (κ3) is 5.54. The second kappa shape index (κ2) is 6.31. The minimum absolute atomic E-state index is 0.0250. The van der Waals surface area contributed by atoms with Crippen molar-refractivity contribution in [2.75, 3.05) is 26.2 Å².